The van der Waals surface area contributed by atoms with E-state index in [2.05, 4.69) is 0 Å². The molecule has 0 spiro atoms. The van der Waals surface area contributed by atoms with Crippen molar-refractivity contribution >= 4 is 21.6 Å². The molecule has 5 heteroatoms. The van der Waals surface area contributed by atoms with Gasteiger partial charge in [0.2, 0.25) is 10.0 Å². The van der Waals surface area contributed by atoms with Crippen molar-refractivity contribution in [3.8, 4) is 0 Å². The second-order valence-corrected chi connectivity index (χ2v) is 7.38. The Morgan fingerprint density at radius 3 is 2.19 bits per heavy atom. The van der Waals surface area contributed by atoms with E-state index in [9.17, 15) is 8.42 Å². The molecule has 0 heterocycles. The first kappa shape index (κ1) is 12.7. The summed E-state index contributed by atoms with van der Waals surface area (Å²) in [6, 6.07) is 0.255. The van der Waals surface area contributed by atoms with Crippen LogP contribution in [-0.2, 0) is 10.0 Å². The predicted octanol–water partition coefficient (Wildman–Crippen LogP) is 2.35. The summed E-state index contributed by atoms with van der Waals surface area (Å²) >= 11 is 5.71. The van der Waals surface area contributed by atoms with Gasteiger partial charge in [-0.15, -0.1) is 11.6 Å². The second-order valence-electron chi connectivity index (χ2n) is 4.84. The summed E-state index contributed by atoms with van der Waals surface area (Å²) in [7, 11) is -3.07. The SMILES string of the molecule is O=S(=O)(C1CCCCC1)N(CCCl)C1CC1. The number of rotatable bonds is 5. The maximum atomic E-state index is 12.4. The highest BCUT2D eigenvalue weighted by molar-refractivity contribution is 7.89. The van der Waals surface area contributed by atoms with E-state index < -0.39 is 10.0 Å². The Kier molecular flexibility index (Phi) is 4.14. The number of alkyl halides is 1. The zero-order valence-electron chi connectivity index (χ0n) is 9.57. The molecule has 94 valence electrons. The summed E-state index contributed by atoms with van der Waals surface area (Å²) in [6.07, 6.45) is 7.02. The zero-order valence-corrected chi connectivity index (χ0v) is 11.1. The molecule has 0 radical (unpaired) electrons. The molecule has 0 aromatic rings. The van der Waals surface area contributed by atoms with Gasteiger partial charge in [-0.25, -0.2) is 8.42 Å². The van der Waals surface area contributed by atoms with E-state index in [1.807, 2.05) is 0 Å². The molecular formula is C11H20ClNO2S. The smallest absolute Gasteiger partial charge is 0.212 e. The Morgan fingerprint density at radius 1 is 1.06 bits per heavy atom. The highest BCUT2D eigenvalue weighted by Gasteiger charge is 2.40. The average molecular weight is 266 g/mol. The van der Waals surface area contributed by atoms with Gasteiger partial charge in [0.05, 0.1) is 5.25 Å². The molecule has 0 bridgehead atoms. The van der Waals surface area contributed by atoms with E-state index in [0.29, 0.717) is 12.4 Å². The Hall–Kier alpha value is 0.200. The van der Waals surface area contributed by atoms with Crippen molar-refractivity contribution in [1.29, 1.82) is 0 Å². The van der Waals surface area contributed by atoms with Crippen LogP contribution in [0.4, 0.5) is 0 Å². The topological polar surface area (TPSA) is 37.4 Å². The Bertz CT molecular complexity index is 321. The summed E-state index contributed by atoms with van der Waals surface area (Å²) in [6.45, 7) is 0.491. The third-order valence-corrected chi connectivity index (χ3v) is 6.18. The number of sulfonamides is 1. The van der Waals surface area contributed by atoms with Crippen LogP contribution < -0.4 is 0 Å². The number of nitrogens with zero attached hydrogens (tertiary/aromatic N) is 1. The summed E-state index contributed by atoms with van der Waals surface area (Å²) in [5.41, 5.74) is 0. The maximum absolute atomic E-state index is 12.4. The van der Waals surface area contributed by atoms with Gasteiger partial charge in [-0.05, 0) is 25.7 Å². The molecular weight excluding hydrogens is 246 g/mol. The molecule has 0 atom stereocenters. The van der Waals surface area contributed by atoms with E-state index in [4.69, 9.17) is 11.6 Å². The van der Waals surface area contributed by atoms with Crippen LogP contribution in [0.2, 0.25) is 0 Å². The average Bonchev–Trinajstić information content (AvgIpc) is 3.11. The highest BCUT2D eigenvalue weighted by Crippen LogP contribution is 2.34. The molecule has 0 aromatic heterocycles. The lowest BCUT2D eigenvalue weighted by Gasteiger charge is -2.29. The Labute approximate surface area is 103 Å². The lowest BCUT2D eigenvalue weighted by Crippen LogP contribution is -2.42. The van der Waals surface area contributed by atoms with Crippen LogP contribution in [0.25, 0.3) is 0 Å². The minimum absolute atomic E-state index is 0.134. The standard InChI is InChI=1S/C11H20ClNO2S/c12-8-9-13(10-6-7-10)16(14,15)11-4-2-1-3-5-11/h10-11H,1-9H2. The van der Waals surface area contributed by atoms with Crippen molar-refractivity contribution in [3.63, 3.8) is 0 Å². The first-order valence-electron chi connectivity index (χ1n) is 6.23. The molecule has 2 saturated carbocycles. The molecule has 0 N–H and O–H groups in total. The van der Waals surface area contributed by atoms with Crippen molar-refractivity contribution in [3.05, 3.63) is 0 Å². The number of halogens is 1. The van der Waals surface area contributed by atoms with Crippen LogP contribution in [0.5, 0.6) is 0 Å². The van der Waals surface area contributed by atoms with Crippen LogP contribution in [0.15, 0.2) is 0 Å². The lowest BCUT2D eigenvalue weighted by molar-refractivity contribution is 0.394. The molecule has 2 aliphatic rings. The molecule has 0 amide bonds. The van der Waals surface area contributed by atoms with Gasteiger partial charge in [0.25, 0.3) is 0 Å². The van der Waals surface area contributed by atoms with Crippen LogP contribution >= 0.6 is 11.6 Å². The molecule has 0 unspecified atom stereocenters. The van der Waals surface area contributed by atoms with Crippen LogP contribution in [-0.4, -0.2) is 36.4 Å². The molecule has 2 rings (SSSR count). The summed E-state index contributed by atoms with van der Waals surface area (Å²) < 4.78 is 26.5. The van der Waals surface area contributed by atoms with Crippen molar-refractivity contribution in [2.45, 2.75) is 56.2 Å². The Balaban J connectivity index is 2.07. The van der Waals surface area contributed by atoms with Crippen molar-refractivity contribution in [1.82, 2.24) is 4.31 Å². The fourth-order valence-electron chi connectivity index (χ4n) is 2.52. The van der Waals surface area contributed by atoms with Gasteiger partial charge >= 0.3 is 0 Å². The summed E-state index contributed by atoms with van der Waals surface area (Å²) in [4.78, 5) is 0. The number of hydrogen-bond donors (Lipinski definition) is 0. The minimum atomic E-state index is -3.07. The zero-order chi connectivity index (χ0) is 11.6. The van der Waals surface area contributed by atoms with E-state index in [-0.39, 0.29) is 11.3 Å². The van der Waals surface area contributed by atoms with Crippen LogP contribution in [0.1, 0.15) is 44.9 Å². The van der Waals surface area contributed by atoms with Gasteiger partial charge in [-0.1, -0.05) is 19.3 Å². The normalized spacial score (nSPS) is 23.9. The van der Waals surface area contributed by atoms with Gasteiger partial charge in [-0.2, -0.15) is 4.31 Å². The van der Waals surface area contributed by atoms with Crippen molar-refractivity contribution in [2.75, 3.05) is 12.4 Å². The third kappa shape index (κ3) is 2.71. The summed E-state index contributed by atoms with van der Waals surface area (Å²) in [5, 5.41) is -0.134. The van der Waals surface area contributed by atoms with Crippen molar-refractivity contribution in [2.24, 2.45) is 0 Å². The van der Waals surface area contributed by atoms with E-state index >= 15 is 0 Å². The van der Waals surface area contributed by atoms with Gasteiger partial charge < -0.3 is 0 Å². The molecule has 16 heavy (non-hydrogen) atoms. The first-order chi connectivity index (χ1) is 7.66. The van der Waals surface area contributed by atoms with E-state index in [1.165, 1.54) is 6.42 Å². The molecule has 0 aromatic carbocycles. The molecule has 3 nitrogen and oxygen atoms in total. The van der Waals surface area contributed by atoms with Crippen LogP contribution in [0, 0.1) is 0 Å². The molecule has 2 fully saturated rings. The van der Waals surface area contributed by atoms with E-state index in [0.717, 1.165) is 38.5 Å². The predicted molar refractivity (Wildman–Crippen MR) is 66.2 cm³/mol. The third-order valence-electron chi connectivity index (χ3n) is 3.56. The largest absolute Gasteiger partial charge is 0.217 e. The second kappa shape index (κ2) is 5.23. The van der Waals surface area contributed by atoms with Crippen LogP contribution in [0.3, 0.4) is 0 Å². The highest BCUT2D eigenvalue weighted by atomic mass is 35.5. The van der Waals surface area contributed by atoms with Gasteiger partial charge in [0.1, 0.15) is 0 Å². The van der Waals surface area contributed by atoms with Crippen molar-refractivity contribution < 1.29 is 8.42 Å². The quantitative estimate of drug-likeness (QED) is 0.716. The van der Waals surface area contributed by atoms with Gasteiger partial charge in [-0.3, -0.25) is 0 Å². The minimum Gasteiger partial charge on any atom is -0.212 e. The monoisotopic (exact) mass is 265 g/mol. The van der Waals surface area contributed by atoms with Gasteiger partial charge in [0.15, 0.2) is 0 Å². The van der Waals surface area contributed by atoms with Gasteiger partial charge in [0, 0.05) is 18.5 Å². The Morgan fingerprint density at radius 2 is 1.69 bits per heavy atom. The fourth-order valence-corrected chi connectivity index (χ4v) is 5.08. The molecule has 2 aliphatic carbocycles. The number of hydrogen-bond acceptors (Lipinski definition) is 2. The summed E-state index contributed by atoms with van der Waals surface area (Å²) in [5.74, 6) is 0.405. The lowest BCUT2D eigenvalue weighted by atomic mass is 10.0. The van der Waals surface area contributed by atoms with E-state index in [1.54, 1.807) is 4.31 Å². The molecule has 0 aliphatic heterocycles. The first-order valence-corrected chi connectivity index (χ1v) is 8.26. The fraction of sp³-hybridized carbons (Fsp3) is 1.00. The molecule has 0 saturated heterocycles. The maximum Gasteiger partial charge on any atom is 0.217 e.